The molecule has 0 unspecified atom stereocenters. The highest BCUT2D eigenvalue weighted by Gasteiger charge is 2.08. The largest absolute Gasteiger partial charge is 0.303 e. The van der Waals surface area contributed by atoms with Crippen molar-refractivity contribution in [3.05, 3.63) is 12.2 Å². The first kappa shape index (κ1) is 11.8. The molecule has 0 aromatic rings. The van der Waals surface area contributed by atoms with Crippen LogP contribution in [0, 0.1) is 0 Å². The van der Waals surface area contributed by atoms with Gasteiger partial charge in [-0.05, 0) is 51.7 Å². The summed E-state index contributed by atoms with van der Waals surface area (Å²) in [6, 6.07) is 0. The number of allylic oxidation sites excluding steroid dienone is 1. The Morgan fingerprint density at radius 2 is 1.86 bits per heavy atom. The van der Waals surface area contributed by atoms with Crippen molar-refractivity contribution in [2.45, 2.75) is 51.9 Å². The van der Waals surface area contributed by atoms with Crippen LogP contribution in [0.4, 0.5) is 0 Å². The van der Waals surface area contributed by atoms with E-state index in [0.29, 0.717) is 0 Å². The second-order valence-corrected chi connectivity index (χ2v) is 4.51. The molecule has 0 saturated carbocycles. The summed E-state index contributed by atoms with van der Waals surface area (Å²) in [5, 5.41) is 0. The Labute approximate surface area is 89.2 Å². The zero-order valence-electron chi connectivity index (χ0n) is 9.73. The molecule has 82 valence electrons. The van der Waals surface area contributed by atoms with Gasteiger partial charge in [-0.1, -0.05) is 31.9 Å². The highest BCUT2D eigenvalue weighted by molar-refractivity contribution is 4.93. The van der Waals surface area contributed by atoms with Crippen molar-refractivity contribution in [2.24, 2.45) is 0 Å². The minimum absolute atomic E-state index is 1.22. The summed E-state index contributed by atoms with van der Waals surface area (Å²) >= 11 is 0. The van der Waals surface area contributed by atoms with Crippen LogP contribution in [-0.4, -0.2) is 24.5 Å². The molecule has 1 aliphatic rings. The zero-order valence-corrected chi connectivity index (χ0v) is 9.73. The molecule has 1 rings (SSSR count). The van der Waals surface area contributed by atoms with Gasteiger partial charge >= 0.3 is 0 Å². The van der Waals surface area contributed by atoms with Crippen molar-refractivity contribution in [3.8, 4) is 0 Å². The molecule has 1 heterocycles. The lowest BCUT2D eigenvalue weighted by Crippen LogP contribution is -2.30. The summed E-state index contributed by atoms with van der Waals surface area (Å²) in [7, 11) is 0. The Balaban J connectivity index is 1.99. The molecule has 0 amide bonds. The molecule has 0 aromatic carbocycles. The molecule has 14 heavy (non-hydrogen) atoms. The van der Waals surface area contributed by atoms with Crippen LogP contribution in [0.25, 0.3) is 0 Å². The fourth-order valence-corrected chi connectivity index (χ4v) is 2.21. The Kier molecular flexibility index (Phi) is 5.93. The molecule has 0 aromatic heterocycles. The van der Waals surface area contributed by atoms with Crippen LogP contribution < -0.4 is 0 Å². The van der Waals surface area contributed by atoms with E-state index in [0.717, 1.165) is 0 Å². The summed E-state index contributed by atoms with van der Waals surface area (Å²) in [6.07, 6.45) is 9.30. The van der Waals surface area contributed by atoms with Crippen molar-refractivity contribution in [3.63, 3.8) is 0 Å². The first-order valence-corrected chi connectivity index (χ1v) is 6.22. The van der Waals surface area contributed by atoms with Crippen LogP contribution in [-0.2, 0) is 0 Å². The lowest BCUT2D eigenvalue weighted by atomic mass is 10.1. The van der Waals surface area contributed by atoms with Gasteiger partial charge in [-0.2, -0.15) is 0 Å². The molecule has 0 aliphatic carbocycles. The van der Waals surface area contributed by atoms with Crippen LogP contribution in [0.15, 0.2) is 12.2 Å². The zero-order chi connectivity index (χ0) is 10.2. The van der Waals surface area contributed by atoms with Gasteiger partial charge in [-0.15, -0.1) is 0 Å². The van der Waals surface area contributed by atoms with E-state index in [1.54, 1.807) is 0 Å². The van der Waals surface area contributed by atoms with E-state index >= 15 is 0 Å². The van der Waals surface area contributed by atoms with Crippen molar-refractivity contribution < 1.29 is 0 Å². The van der Waals surface area contributed by atoms with Crippen LogP contribution in [0.2, 0.25) is 0 Å². The summed E-state index contributed by atoms with van der Waals surface area (Å²) < 4.78 is 0. The van der Waals surface area contributed by atoms with Crippen molar-refractivity contribution in [1.29, 1.82) is 0 Å². The number of hydrogen-bond acceptors (Lipinski definition) is 1. The maximum Gasteiger partial charge on any atom is -0.00157 e. The molecule has 0 N–H and O–H groups in total. The smallest absolute Gasteiger partial charge is 0.00157 e. The summed E-state index contributed by atoms with van der Waals surface area (Å²) in [5.74, 6) is 0. The van der Waals surface area contributed by atoms with E-state index in [2.05, 4.69) is 18.4 Å². The fraction of sp³-hybridized carbons (Fsp3) is 0.846. The van der Waals surface area contributed by atoms with Gasteiger partial charge in [0.15, 0.2) is 0 Å². The molecule has 0 spiro atoms. The minimum Gasteiger partial charge on any atom is -0.303 e. The van der Waals surface area contributed by atoms with E-state index in [-0.39, 0.29) is 0 Å². The minimum atomic E-state index is 1.22. The van der Waals surface area contributed by atoms with Crippen molar-refractivity contribution in [1.82, 2.24) is 4.90 Å². The molecule has 1 fully saturated rings. The molecule has 1 saturated heterocycles. The van der Waals surface area contributed by atoms with E-state index in [4.69, 9.17) is 0 Å². The topological polar surface area (TPSA) is 3.24 Å². The predicted octanol–water partition coefficient (Wildman–Crippen LogP) is 3.61. The lowest BCUT2D eigenvalue weighted by molar-refractivity contribution is 0.226. The maximum absolute atomic E-state index is 4.11. The number of likely N-dealkylation sites (tertiary alicyclic amines) is 1. The fourth-order valence-electron chi connectivity index (χ4n) is 2.21. The third-order valence-electron chi connectivity index (χ3n) is 3.06. The predicted molar refractivity (Wildman–Crippen MR) is 63.6 cm³/mol. The standard InChI is InChI=1S/C13H25N/c1-3-8-13(2)9-7-12-14-10-5-4-6-11-14/h2-12H2,1H3. The summed E-state index contributed by atoms with van der Waals surface area (Å²) in [5.41, 5.74) is 1.45. The van der Waals surface area contributed by atoms with Gasteiger partial charge in [0.2, 0.25) is 0 Å². The highest BCUT2D eigenvalue weighted by atomic mass is 15.1. The van der Waals surface area contributed by atoms with Crippen molar-refractivity contribution in [2.75, 3.05) is 19.6 Å². The Morgan fingerprint density at radius 1 is 1.14 bits per heavy atom. The molecule has 1 aliphatic heterocycles. The van der Waals surface area contributed by atoms with Gasteiger partial charge in [-0.25, -0.2) is 0 Å². The van der Waals surface area contributed by atoms with Crippen LogP contribution >= 0.6 is 0 Å². The summed E-state index contributed by atoms with van der Waals surface area (Å²) in [4.78, 5) is 2.61. The number of nitrogens with zero attached hydrogens (tertiary/aromatic N) is 1. The van der Waals surface area contributed by atoms with Gasteiger partial charge < -0.3 is 4.90 Å². The van der Waals surface area contributed by atoms with E-state index in [9.17, 15) is 0 Å². The third-order valence-corrected chi connectivity index (χ3v) is 3.06. The van der Waals surface area contributed by atoms with Crippen LogP contribution in [0.1, 0.15) is 51.9 Å². The van der Waals surface area contributed by atoms with Gasteiger partial charge in [0.05, 0.1) is 0 Å². The van der Waals surface area contributed by atoms with Crippen molar-refractivity contribution >= 4 is 0 Å². The third kappa shape index (κ3) is 4.80. The van der Waals surface area contributed by atoms with Gasteiger partial charge in [0, 0.05) is 0 Å². The molecule has 1 heteroatoms. The van der Waals surface area contributed by atoms with E-state index < -0.39 is 0 Å². The summed E-state index contributed by atoms with van der Waals surface area (Å²) in [6.45, 7) is 10.3. The van der Waals surface area contributed by atoms with Gasteiger partial charge in [-0.3, -0.25) is 0 Å². The number of rotatable bonds is 6. The van der Waals surface area contributed by atoms with Crippen LogP contribution in [0.3, 0.4) is 0 Å². The second kappa shape index (κ2) is 7.05. The SMILES string of the molecule is C=C(CCC)CCCN1CCCCC1. The molecule has 0 radical (unpaired) electrons. The Hall–Kier alpha value is -0.300. The average Bonchev–Trinajstić information content (AvgIpc) is 2.20. The van der Waals surface area contributed by atoms with Gasteiger partial charge in [0.1, 0.15) is 0 Å². The highest BCUT2D eigenvalue weighted by Crippen LogP contribution is 2.13. The number of hydrogen-bond donors (Lipinski definition) is 0. The lowest BCUT2D eigenvalue weighted by Gasteiger charge is -2.26. The first-order chi connectivity index (χ1) is 6.83. The maximum atomic E-state index is 4.11. The second-order valence-electron chi connectivity index (χ2n) is 4.51. The number of piperidine rings is 1. The average molecular weight is 195 g/mol. The van der Waals surface area contributed by atoms with Gasteiger partial charge in [0.25, 0.3) is 0 Å². The molecular formula is C13H25N. The molecule has 0 bridgehead atoms. The molecular weight excluding hydrogens is 170 g/mol. The Morgan fingerprint density at radius 3 is 2.50 bits per heavy atom. The normalized spacial score (nSPS) is 18.4. The first-order valence-electron chi connectivity index (χ1n) is 6.22. The Bertz CT molecular complexity index is 157. The quantitative estimate of drug-likeness (QED) is 0.585. The van der Waals surface area contributed by atoms with E-state index in [1.165, 1.54) is 70.2 Å². The monoisotopic (exact) mass is 195 g/mol. The van der Waals surface area contributed by atoms with E-state index in [1.807, 2.05) is 0 Å². The molecule has 0 atom stereocenters. The van der Waals surface area contributed by atoms with Crippen LogP contribution in [0.5, 0.6) is 0 Å². The molecule has 1 nitrogen and oxygen atoms in total.